The van der Waals surface area contributed by atoms with Crippen molar-refractivity contribution in [3.63, 3.8) is 0 Å². The first-order chi connectivity index (χ1) is 19.9. The molecule has 2 heterocycles. The standard InChI is InChI=1S/C26H26F7N3O6S/c1-42-23(38)34-18-10-11-35(14-18)22(37)13-19-6-2-15-12-16(24(39,25(28,29)30)26(31,32)33)3-9-21(15)36(19)43(40,41)20-7-4-17(27)5-8-20/h3-5,7-9,12,18-19,39H,2,6,10-11,13-14H2,1H3,(H,34,38). The fourth-order valence-electron chi connectivity index (χ4n) is 5.24. The van der Waals surface area contributed by atoms with E-state index in [-0.39, 0.29) is 37.2 Å². The topological polar surface area (TPSA) is 116 Å². The Labute approximate surface area is 241 Å². The summed E-state index contributed by atoms with van der Waals surface area (Å²) in [5.41, 5.74) is -7.33. The number of nitrogens with zero attached hydrogens (tertiary/aromatic N) is 2. The van der Waals surface area contributed by atoms with Crippen molar-refractivity contribution in [2.75, 3.05) is 24.5 Å². The van der Waals surface area contributed by atoms with Crippen LogP contribution >= 0.6 is 0 Å². The quantitative estimate of drug-likeness (QED) is 0.461. The third kappa shape index (κ3) is 6.09. The Morgan fingerprint density at radius 1 is 1.02 bits per heavy atom. The number of sulfonamides is 1. The normalized spacial score (nSPS) is 19.7. The molecule has 43 heavy (non-hydrogen) atoms. The molecule has 2 aliphatic heterocycles. The lowest BCUT2D eigenvalue weighted by Gasteiger charge is -2.39. The van der Waals surface area contributed by atoms with E-state index in [2.05, 4.69) is 10.1 Å². The summed E-state index contributed by atoms with van der Waals surface area (Å²) in [6.07, 6.45) is -13.5. The van der Waals surface area contributed by atoms with Gasteiger partial charge in [-0.15, -0.1) is 0 Å². The Kier molecular flexibility index (Phi) is 8.63. The predicted molar refractivity (Wildman–Crippen MR) is 136 cm³/mol. The summed E-state index contributed by atoms with van der Waals surface area (Å²) in [6.45, 7) is 0.317. The largest absolute Gasteiger partial charge is 0.453 e. The number of ether oxygens (including phenoxy) is 1. The Hall–Kier alpha value is -3.60. The maximum atomic E-state index is 13.8. The number of aryl methyl sites for hydroxylation is 1. The summed E-state index contributed by atoms with van der Waals surface area (Å²) in [5.74, 6) is -1.28. The molecule has 9 nitrogen and oxygen atoms in total. The number of rotatable bonds is 6. The highest BCUT2D eigenvalue weighted by atomic mass is 32.2. The molecule has 0 saturated carbocycles. The molecule has 0 spiro atoms. The average Bonchev–Trinajstić information content (AvgIpc) is 3.39. The molecule has 17 heteroatoms. The minimum atomic E-state index is -6.15. The molecule has 2 N–H and O–H groups in total. The highest BCUT2D eigenvalue weighted by Gasteiger charge is 2.71. The number of halogens is 7. The zero-order valence-corrected chi connectivity index (χ0v) is 23.2. The molecular weight excluding hydrogens is 615 g/mol. The van der Waals surface area contributed by atoms with Gasteiger partial charge in [0, 0.05) is 25.1 Å². The summed E-state index contributed by atoms with van der Waals surface area (Å²) >= 11 is 0. The van der Waals surface area contributed by atoms with Crippen molar-refractivity contribution in [1.29, 1.82) is 0 Å². The highest BCUT2D eigenvalue weighted by molar-refractivity contribution is 7.92. The highest BCUT2D eigenvalue weighted by Crippen LogP contribution is 2.51. The molecule has 2 atom stereocenters. The minimum Gasteiger partial charge on any atom is -0.453 e. The van der Waals surface area contributed by atoms with Gasteiger partial charge in [-0.3, -0.25) is 9.10 Å². The second kappa shape index (κ2) is 11.5. The molecule has 1 saturated heterocycles. The van der Waals surface area contributed by atoms with Crippen LogP contribution in [0.4, 0.5) is 41.2 Å². The minimum absolute atomic E-state index is 0.0960. The first-order valence-electron chi connectivity index (χ1n) is 12.8. The monoisotopic (exact) mass is 641 g/mol. The van der Waals surface area contributed by atoms with Crippen LogP contribution in [0, 0.1) is 5.82 Å². The molecule has 0 radical (unpaired) electrons. The van der Waals surface area contributed by atoms with Gasteiger partial charge in [0.2, 0.25) is 5.91 Å². The fourth-order valence-corrected chi connectivity index (χ4v) is 6.96. The number of aliphatic hydroxyl groups is 1. The molecule has 0 aliphatic carbocycles. The number of alkyl halides is 6. The first-order valence-corrected chi connectivity index (χ1v) is 14.3. The molecule has 2 aliphatic rings. The zero-order chi connectivity index (χ0) is 32.0. The van der Waals surface area contributed by atoms with Crippen LogP contribution in [0.25, 0.3) is 0 Å². The molecule has 2 aromatic rings. The van der Waals surface area contributed by atoms with E-state index in [1.807, 2.05) is 0 Å². The van der Waals surface area contributed by atoms with E-state index in [1.165, 1.54) is 12.0 Å². The lowest BCUT2D eigenvalue weighted by atomic mass is 9.87. The number of nitrogens with one attached hydrogen (secondary N) is 1. The van der Waals surface area contributed by atoms with E-state index in [0.29, 0.717) is 18.6 Å². The number of amides is 2. The number of hydrogen-bond donors (Lipinski definition) is 2. The Balaban J connectivity index is 1.72. The number of benzene rings is 2. The molecule has 236 valence electrons. The van der Waals surface area contributed by atoms with E-state index in [4.69, 9.17) is 0 Å². The van der Waals surface area contributed by atoms with Crippen LogP contribution in [-0.2, 0) is 31.6 Å². The molecular formula is C26H26F7N3O6S. The maximum absolute atomic E-state index is 13.8. The summed E-state index contributed by atoms with van der Waals surface area (Å²) in [6, 6.07) is 3.52. The molecule has 0 aromatic heterocycles. The second-order valence-electron chi connectivity index (χ2n) is 10.2. The molecule has 0 bridgehead atoms. The van der Waals surface area contributed by atoms with Crippen LogP contribution in [0.3, 0.4) is 0 Å². The van der Waals surface area contributed by atoms with Crippen LogP contribution in [0.2, 0.25) is 0 Å². The third-order valence-electron chi connectivity index (χ3n) is 7.46. The number of hydrogen-bond acceptors (Lipinski definition) is 6. The van der Waals surface area contributed by atoms with Crippen molar-refractivity contribution in [3.8, 4) is 0 Å². The molecule has 4 rings (SSSR count). The predicted octanol–water partition coefficient (Wildman–Crippen LogP) is 4.00. The lowest BCUT2D eigenvalue weighted by Crippen LogP contribution is -2.54. The van der Waals surface area contributed by atoms with Crippen LogP contribution in [0.1, 0.15) is 30.4 Å². The van der Waals surface area contributed by atoms with Crippen LogP contribution in [0.15, 0.2) is 47.4 Å². The summed E-state index contributed by atoms with van der Waals surface area (Å²) in [7, 11) is -3.46. The van der Waals surface area contributed by atoms with Crippen LogP contribution in [0.5, 0.6) is 0 Å². The second-order valence-corrected chi connectivity index (χ2v) is 12.0. The number of carbonyl (C=O) groups excluding carboxylic acids is 2. The molecule has 2 unspecified atom stereocenters. The third-order valence-corrected chi connectivity index (χ3v) is 9.34. The van der Waals surface area contributed by atoms with Gasteiger partial charge in [-0.2, -0.15) is 26.3 Å². The van der Waals surface area contributed by atoms with E-state index in [9.17, 15) is 53.8 Å². The number of likely N-dealkylation sites (tertiary alicyclic amines) is 1. The van der Waals surface area contributed by atoms with E-state index in [0.717, 1.165) is 34.6 Å². The number of carbonyl (C=O) groups is 2. The van der Waals surface area contributed by atoms with Gasteiger partial charge in [0.1, 0.15) is 5.82 Å². The van der Waals surface area contributed by atoms with Gasteiger partial charge in [-0.05, 0) is 55.2 Å². The van der Waals surface area contributed by atoms with Gasteiger partial charge in [-0.1, -0.05) is 12.1 Å². The van der Waals surface area contributed by atoms with Gasteiger partial charge in [0.15, 0.2) is 0 Å². The summed E-state index contributed by atoms with van der Waals surface area (Å²) in [5, 5.41) is 12.4. The van der Waals surface area contributed by atoms with Crippen molar-refractivity contribution in [3.05, 3.63) is 59.4 Å². The number of alkyl carbamates (subject to hydrolysis) is 1. The van der Waals surface area contributed by atoms with Gasteiger partial charge < -0.3 is 20.1 Å². The van der Waals surface area contributed by atoms with E-state index >= 15 is 0 Å². The van der Waals surface area contributed by atoms with Gasteiger partial charge in [0.05, 0.1) is 29.8 Å². The Morgan fingerprint density at radius 3 is 2.23 bits per heavy atom. The maximum Gasteiger partial charge on any atom is 0.430 e. The van der Waals surface area contributed by atoms with Crippen molar-refractivity contribution in [2.24, 2.45) is 0 Å². The average molecular weight is 642 g/mol. The molecule has 2 amide bonds. The molecule has 1 fully saturated rings. The first kappa shape index (κ1) is 32.3. The van der Waals surface area contributed by atoms with Crippen molar-refractivity contribution in [2.45, 2.75) is 60.6 Å². The smallest absolute Gasteiger partial charge is 0.430 e. The van der Waals surface area contributed by atoms with E-state index < -0.39 is 74.8 Å². The number of anilines is 1. The lowest BCUT2D eigenvalue weighted by molar-refractivity contribution is -0.376. The molecule has 2 aromatic carbocycles. The SMILES string of the molecule is COC(=O)NC1CCN(C(=O)CC2CCc3cc(C(O)(C(F)(F)F)C(F)(F)F)ccc3N2S(=O)(=O)c2ccc(F)cc2)C1. The Bertz CT molecular complexity index is 1470. The Morgan fingerprint density at radius 2 is 1.65 bits per heavy atom. The van der Waals surface area contributed by atoms with Crippen molar-refractivity contribution < 1.29 is 58.6 Å². The van der Waals surface area contributed by atoms with Crippen LogP contribution < -0.4 is 9.62 Å². The fraction of sp³-hybridized carbons (Fsp3) is 0.462. The van der Waals surface area contributed by atoms with Crippen LogP contribution in [-0.4, -0.2) is 75.1 Å². The van der Waals surface area contributed by atoms with Gasteiger partial charge >= 0.3 is 18.4 Å². The summed E-state index contributed by atoms with van der Waals surface area (Å²) in [4.78, 5) is 25.7. The van der Waals surface area contributed by atoms with Crippen molar-refractivity contribution >= 4 is 27.7 Å². The zero-order valence-electron chi connectivity index (χ0n) is 22.4. The van der Waals surface area contributed by atoms with Gasteiger partial charge in [-0.25, -0.2) is 17.6 Å². The number of fused-ring (bicyclic) bond motifs is 1. The van der Waals surface area contributed by atoms with Crippen molar-refractivity contribution in [1.82, 2.24) is 10.2 Å². The van der Waals surface area contributed by atoms with E-state index in [1.54, 1.807) is 0 Å². The van der Waals surface area contributed by atoms with Gasteiger partial charge in [0.25, 0.3) is 15.6 Å². The summed E-state index contributed by atoms with van der Waals surface area (Å²) < 4.78 is 128. The number of methoxy groups -OCH3 is 1.